The smallest absolute Gasteiger partial charge is 0.328 e. The topological polar surface area (TPSA) is 89.5 Å². The molecule has 0 aliphatic carbocycles. The third-order valence-corrected chi connectivity index (χ3v) is 5.51. The summed E-state index contributed by atoms with van der Waals surface area (Å²) in [4.78, 5) is 24.1. The number of benzene rings is 2. The molecule has 0 spiro atoms. The van der Waals surface area contributed by atoms with Crippen molar-refractivity contribution >= 4 is 21.7 Å². The summed E-state index contributed by atoms with van der Waals surface area (Å²) < 4.78 is 55.5. The van der Waals surface area contributed by atoms with Crippen molar-refractivity contribution in [3.8, 4) is 0 Å². The number of hydrogen-bond donors (Lipinski definition) is 1. The molecule has 1 N–H and O–H groups in total. The summed E-state index contributed by atoms with van der Waals surface area (Å²) in [6.45, 7) is 0. The van der Waals surface area contributed by atoms with E-state index >= 15 is 0 Å². The van der Waals surface area contributed by atoms with E-state index in [-0.39, 0.29) is 16.9 Å². The molecule has 27 heavy (non-hydrogen) atoms. The van der Waals surface area contributed by atoms with Crippen LogP contribution in [0.15, 0.2) is 53.4 Å². The molecule has 2 aromatic rings. The Morgan fingerprint density at radius 3 is 2.33 bits per heavy atom. The SMILES string of the molecule is COC(=O)[C@H](CCS(=O)(=O)c1ccccc1)NC(=O)c1ccc(F)c(F)c1. The van der Waals surface area contributed by atoms with Crippen molar-refractivity contribution in [1.29, 1.82) is 0 Å². The molecule has 0 saturated heterocycles. The van der Waals surface area contributed by atoms with Gasteiger partial charge in [-0.15, -0.1) is 0 Å². The molecule has 9 heteroatoms. The summed E-state index contributed by atoms with van der Waals surface area (Å²) in [5.41, 5.74) is -0.214. The van der Waals surface area contributed by atoms with Gasteiger partial charge in [0.15, 0.2) is 21.5 Å². The van der Waals surface area contributed by atoms with Crippen LogP contribution < -0.4 is 5.32 Å². The molecule has 2 rings (SSSR count). The molecule has 0 aliphatic heterocycles. The van der Waals surface area contributed by atoms with E-state index in [2.05, 4.69) is 10.1 Å². The molecular formula is C18H17F2NO5S. The van der Waals surface area contributed by atoms with Crippen molar-refractivity contribution in [2.24, 2.45) is 0 Å². The maximum atomic E-state index is 13.3. The van der Waals surface area contributed by atoms with Gasteiger partial charge in [-0.2, -0.15) is 0 Å². The number of carbonyl (C=O) groups excluding carboxylic acids is 2. The number of methoxy groups -OCH3 is 1. The highest BCUT2D eigenvalue weighted by Crippen LogP contribution is 2.13. The lowest BCUT2D eigenvalue weighted by Crippen LogP contribution is -2.42. The first kappa shape index (κ1) is 20.5. The first-order chi connectivity index (χ1) is 12.7. The second kappa shape index (κ2) is 8.72. The fourth-order valence-corrected chi connectivity index (χ4v) is 3.64. The quantitative estimate of drug-likeness (QED) is 0.723. The van der Waals surface area contributed by atoms with Gasteiger partial charge in [0, 0.05) is 5.56 Å². The zero-order chi connectivity index (χ0) is 20.0. The van der Waals surface area contributed by atoms with Crippen LogP contribution in [0.5, 0.6) is 0 Å². The number of sulfone groups is 1. The van der Waals surface area contributed by atoms with Crippen LogP contribution in [0.3, 0.4) is 0 Å². The first-order valence-corrected chi connectivity index (χ1v) is 9.51. The molecule has 0 radical (unpaired) electrons. The Morgan fingerprint density at radius 1 is 1.07 bits per heavy atom. The number of halogens is 2. The molecule has 0 heterocycles. The average Bonchev–Trinajstić information content (AvgIpc) is 2.67. The number of esters is 1. The molecule has 1 amide bonds. The van der Waals surface area contributed by atoms with Gasteiger partial charge >= 0.3 is 5.97 Å². The minimum atomic E-state index is -3.68. The van der Waals surface area contributed by atoms with Crippen molar-refractivity contribution < 1.29 is 31.5 Å². The van der Waals surface area contributed by atoms with E-state index in [0.29, 0.717) is 6.07 Å². The summed E-state index contributed by atoms with van der Waals surface area (Å²) in [6, 6.07) is 8.86. The maximum Gasteiger partial charge on any atom is 0.328 e. The summed E-state index contributed by atoms with van der Waals surface area (Å²) in [6.07, 6.45) is -0.251. The summed E-state index contributed by atoms with van der Waals surface area (Å²) in [5, 5.41) is 2.29. The van der Waals surface area contributed by atoms with Gasteiger partial charge in [0.05, 0.1) is 17.8 Å². The molecule has 0 unspecified atom stereocenters. The predicted octanol–water partition coefficient (Wildman–Crippen LogP) is 2.10. The van der Waals surface area contributed by atoms with E-state index in [1.165, 1.54) is 12.1 Å². The van der Waals surface area contributed by atoms with Gasteiger partial charge in [0.2, 0.25) is 0 Å². The van der Waals surface area contributed by atoms with E-state index in [0.717, 1.165) is 19.2 Å². The predicted molar refractivity (Wildman–Crippen MR) is 92.7 cm³/mol. The largest absolute Gasteiger partial charge is 0.467 e. The van der Waals surface area contributed by atoms with E-state index < -0.39 is 45.1 Å². The molecule has 2 aromatic carbocycles. The lowest BCUT2D eigenvalue weighted by molar-refractivity contribution is -0.142. The molecular weight excluding hydrogens is 380 g/mol. The Labute approximate surface area is 155 Å². The Kier molecular flexibility index (Phi) is 6.62. The van der Waals surface area contributed by atoms with Gasteiger partial charge < -0.3 is 10.1 Å². The normalized spacial score (nSPS) is 12.3. The number of nitrogens with one attached hydrogen (secondary N) is 1. The Morgan fingerprint density at radius 2 is 1.74 bits per heavy atom. The van der Waals surface area contributed by atoms with Crippen LogP contribution in [-0.2, 0) is 19.4 Å². The molecule has 0 saturated carbocycles. The van der Waals surface area contributed by atoms with Gasteiger partial charge in [-0.1, -0.05) is 18.2 Å². The number of amides is 1. The highest BCUT2D eigenvalue weighted by molar-refractivity contribution is 7.91. The lowest BCUT2D eigenvalue weighted by Gasteiger charge is -2.16. The zero-order valence-electron chi connectivity index (χ0n) is 14.3. The Bertz CT molecular complexity index is 932. The molecule has 0 bridgehead atoms. The molecule has 6 nitrogen and oxygen atoms in total. The van der Waals surface area contributed by atoms with E-state index in [4.69, 9.17) is 0 Å². The summed E-state index contributed by atoms with van der Waals surface area (Å²) in [7, 11) is -2.59. The van der Waals surface area contributed by atoms with Crippen LogP contribution in [0.4, 0.5) is 8.78 Å². The van der Waals surface area contributed by atoms with Gasteiger partial charge in [-0.05, 0) is 36.8 Å². The van der Waals surface area contributed by atoms with Crippen LogP contribution in [-0.4, -0.2) is 39.2 Å². The van der Waals surface area contributed by atoms with Crippen LogP contribution >= 0.6 is 0 Å². The second-order valence-corrected chi connectivity index (χ2v) is 7.71. The standard InChI is InChI=1S/C18H17F2NO5S/c1-26-18(23)16(9-10-27(24,25)13-5-3-2-4-6-13)21-17(22)12-7-8-14(19)15(20)11-12/h2-8,11,16H,9-10H2,1H3,(H,21,22)/t16-/m0/s1. The average molecular weight is 397 g/mol. The zero-order valence-corrected chi connectivity index (χ0v) is 15.1. The molecule has 0 aliphatic rings. The number of carbonyl (C=O) groups is 2. The summed E-state index contributed by atoms with van der Waals surface area (Å²) >= 11 is 0. The number of ether oxygens (including phenoxy) is 1. The van der Waals surface area contributed by atoms with E-state index in [9.17, 15) is 26.8 Å². The van der Waals surface area contributed by atoms with Crippen LogP contribution in [0.25, 0.3) is 0 Å². The maximum absolute atomic E-state index is 13.3. The fourth-order valence-electron chi connectivity index (χ4n) is 2.29. The third-order valence-electron chi connectivity index (χ3n) is 3.75. The van der Waals surface area contributed by atoms with Crippen LogP contribution in [0.2, 0.25) is 0 Å². The number of rotatable bonds is 7. The minimum absolute atomic E-state index is 0.0838. The van der Waals surface area contributed by atoms with Crippen LogP contribution in [0, 0.1) is 11.6 Å². The van der Waals surface area contributed by atoms with Crippen molar-refractivity contribution in [2.45, 2.75) is 17.4 Å². The number of hydrogen-bond acceptors (Lipinski definition) is 5. The monoisotopic (exact) mass is 397 g/mol. The molecule has 0 aromatic heterocycles. The van der Waals surface area contributed by atoms with Gasteiger partial charge in [-0.25, -0.2) is 22.0 Å². The van der Waals surface area contributed by atoms with Gasteiger partial charge in [-0.3, -0.25) is 4.79 Å². The highest BCUT2D eigenvalue weighted by atomic mass is 32.2. The first-order valence-electron chi connectivity index (χ1n) is 7.86. The van der Waals surface area contributed by atoms with Crippen molar-refractivity contribution in [2.75, 3.05) is 12.9 Å². The third kappa shape index (κ3) is 5.33. The minimum Gasteiger partial charge on any atom is -0.467 e. The van der Waals surface area contributed by atoms with Gasteiger partial charge in [0.1, 0.15) is 6.04 Å². The summed E-state index contributed by atoms with van der Waals surface area (Å²) in [5.74, 6) is -4.47. The van der Waals surface area contributed by atoms with Gasteiger partial charge in [0.25, 0.3) is 5.91 Å². The molecule has 0 fully saturated rings. The van der Waals surface area contributed by atoms with E-state index in [1.54, 1.807) is 18.2 Å². The van der Waals surface area contributed by atoms with E-state index in [1.807, 2.05) is 0 Å². The fraction of sp³-hybridized carbons (Fsp3) is 0.222. The van der Waals surface area contributed by atoms with Crippen molar-refractivity contribution in [3.05, 3.63) is 65.7 Å². The Hall–Kier alpha value is -2.81. The molecule has 1 atom stereocenters. The Balaban J connectivity index is 2.12. The van der Waals surface area contributed by atoms with Crippen molar-refractivity contribution in [3.63, 3.8) is 0 Å². The highest BCUT2D eigenvalue weighted by Gasteiger charge is 2.26. The lowest BCUT2D eigenvalue weighted by atomic mass is 10.1. The van der Waals surface area contributed by atoms with Crippen LogP contribution in [0.1, 0.15) is 16.8 Å². The van der Waals surface area contributed by atoms with Crippen molar-refractivity contribution in [1.82, 2.24) is 5.32 Å². The second-order valence-electron chi connectivity index (χ2n) is 5.60. The molecule has 144 valence electrons.